The number of anilines is 1. The highest BCUT2D eigenvalue weighted by atomic mass is 32.1. The summed E-state index contributed by atoms with van der Waals surface area (Å²) in [7, 11) is 0. The van der Waals surface area contributed by atoms with Crippen LogP contribution in [0.1, 0.15) is 24.5 Å². The first-order valence-electron chi connectivity index (χ1n) is 5.34. The van der Waals surface area contributed by atoms with Crippen molar-refractivity contribution in [3.63, 3.8) is 0 Å². The maximum absolute atomic E-state index is 11.5. The van der Waals surface area contributed by atoms with Crippen molar-refractivity contribution in [2.24, 2.45) is 0 Å². The molecule has 1 N–H and O–H groups in total. The molecule has 0 radical (unpaired) electrons. The summed E-state index contributed by atoms with van der Waals surface area (Å²) in [6.45, 7) is 1.85. The lowest BCUT2D eigenvalue weighted by Gasteiger charge is -1.99. The summed E-state index contributed by atoms with van der Waals surface area (Å²) < 4.78 is 5.32. The molecule has 0 unspecified atom stereocenters. The van der Waals surface area contributed by atoms with Gasteiger partial charge >= 0.3 is 0 Å². The van der Waals surface area contributed by atoms with E-state index in [2.05, 4.69) is 15.3 Å². The van der Waals surface area contributed by atoms with Crippen molar-refractivity contribution < 1.29 is 9.21 Å². The zero-order valence-corrected chi connectivity index (χ0v) is 10.3. The average molecular weight is 251 g/mol. The summed E-state index contributed by atoms with van der Waals surface area (Å²) in [4.78, 5) is 19.6. The van der Waals surface area contributed by atoms with Crippen molar-refractivity contribution in [1.82, 2.24) is 9.97 Å². The predicted octanol–water partition coefficient (Wildman–Crippen LogP) is 2.40. The summed E-state index contributed by atoms with van der Waals surface area (Å²) in [6.07, 6.45) is 5.19. The number of aromatic nitrogens is 2. The van der Waals surface area contributed by atoms with Crippen molar-refractivity contribution in [3.8, 4) is 0 Å². The molecule has 90 valence electrons. The Kier molecular flexibility index (Phi) is 3.87. The Bertz CT molecular complexity index is 479. The van der Waals surface area contributed by atoms with Gasteiger partial charge in [0.15, 0.2) is 11.0 Å². The van der Waals surface area contributed by atoms with E-state index in [4.69, 9.17) is 4.42 Å². The molecule has 0 fully saturated rings. The van der Waals surface area contributed by atoms with Crippen LogP contribution in [0, 0.1) is 6.92 Å². The minimum Gasteiger partial charge on any atom is -0.446 e. The summed E-state index contributed by atoms with van der Waals surface area (Å²) in [6, 6.07) is 0. The fourth-order valence-electron chi connectivity index (χ4n) is 1.38. The number of aryl methyl sites for hydroxylation is 2. The van der Waals surface area contributed by atoms with Gasteiger partial charge in [0.1, 0.15) is 5.76 Å². The maximum atomic E-state index is 11.5. The van der Waals surface area contributed by atoms with Gasteiger partial charge in [-0.3, -0.25) is 4.79 Å². The first-order chi connectivity index (χ1) is 8.24. The molecule has 2 aromatic rings. The number of hydrogen-bond donors (Lipinski definition) is 1. The van der Waals surface area contributed by atoms with Crippen LogP contribution in [0.4, 0.5) is 5.13 Å². The van der Waals surface area contributed by atoms with Crippen molar-refractivity contribution in [1.29, 1.82) is 0 Å². The fraction of sp³-hybridized carbons (Fsp3) is 0.364. The number of carbonyl (C=O) groups excluding carboxylic acids is 1. The molecule has 0 atom stereocenters. The fourth-order valence-corrected chi connectivity index (χ4v) is 1.93. The quantitative estimate of drug-likeness (QED) is 0.886. The summed E-state index contributed by atoms with van der Waals surface area (Å²) in [5.41, 5.74) is 0. The van der Waals surface area contributed by atoms with E-state index in [1.807, 2.05) is 12.3 Å². The first kappa shape index (κ1) is 11.8. The Labute approximate surface area is 103 Å². The Morgan fingerprint density at radius 3 is 3.06 bits per heavy atom. The molecule has 6 heteroatoms. The molecule has 0 aliphatic rings. The van der Waals surface area contributed by atoms with Gasteiger partial charge in [0.05, 0.1) is 6.20 Å². The molecular weight excluding hydrogens is 238 g/mol. The van der Waals surface area contributed by atoms with Crippen molar-refractivity contribution in [2.45, 2.75) is 26.2 Å². The standard InChI is InChI=1S/C11H13N3O2S/c1-8-7-13-10(16-8)4-2-3-9(15)14-11-12-5-6-17-11/h5-7H,2-4H2,1H3,(H,12,14,15). The molecule has 0 aliphatic heterocycles. The lowest BCUT2D eigenvalue weighted by molar-refractivity contribution is -0.116. The zero-order chi connectivity index (χ0) is 12.1. The third kappa shape index (κ3) is 3.67. The third-order valence-electron chi connectivity index (χ3n) is 2.14. The molecule has 2 rings (SSSR count). The number of nitrogens with zero attached hydrogens (tertiary/aromatic N) is 2. The number of thiazole rings is 1. The molecule has 17 heavy (non-hydrogen) atoms. The third-order valence-corrected chi connectivity index (χ3v) is 2.83. The SMILES string of the molecule is Cc1cnc(CCCC(=O)Nc2nccs2)o1. The van der Waals surface area contributed by atoms with E-state index in [0.717, 1.165) is 12.2 Å². The van der Waals surface area contributed by atoms with E-state index >= 15 is 0 Å². The highest BCUT2D eigenvalue weighted by Crippen LogP contribution is 2.11. The maximum Gasteiger partial charge on any atom is 0.226 e. The van der Waals surface area contributed by atoms with Crippen LogP contribution in [0.15, 0.2) is 22.2 Å². The number of rotatable bonds is 5. The van der Waals surface area contributed by atoms with Crippen LogP contribution < -0.4 is 5.32 Å². The molecule has 1 amide bonds. The molecule has 0 aliphatic carbocycles. The lowest BCUT2D eigenvalue weighted by atomic mass is 10.2. The molecular formula is C11H13N3O2S. The van der Waals surface area contributed by atoms with E-state index < -0.39 is 0 Å². The minimum atomic E-state index is -0.0248. The molecule has 2 aromatic heterocycles. The van der Waals surface area contributed by atoms with Crippen LogP contribution in [0.25, 0.3) is 0 Å². The van der Waals surface area contributed by atoms with Gasteiger partial charge in [-0.2, -0.15) is 0 Å². The highest BCUT2D eigenvalue weighted by molar-refractivity contribution is 7.13. The normalized spacial score (nSPS) is 10.4. The molecule has 0 spiro atoms. The second-order valence-electron chi connectivity index (χ2n) is 3.60. The second-order valence-corrected chi connectivity index (χ2v) is 4.50. The predicted molar refractivity (Wildman–Crippen MR) is 64.9 cm³/mol. The Morgan fingerprint density at radius 1 is 1.53 bits per heavy atom. The van der Waals surface area contributed by atoms with Gasteiger partial charge in [0.25, 0.3) is 0 Å². The summed E-state index contributed by atoms with van der Waals surface area (Å²) in [5, 5.41) is 5.20. The van der Waals surface area contributed by atoms with Crippen LogP contribution >= 0.6 is 11.3 Å². The topological polar surface area (TPSA) is 68.0 Å². The van der Waals surface area contributed by atoms with Crippen LogP contribution in [-0.4, -0.2) is 15.9 Å². The smallest absolute Gasteiger partial charge is 0.226 e. The zero-order valence-electron chi connectivity index (χ0n) is 9.47. The number of nitrogens with one attached hydrogen (secondary N) is 1. The molecule has 0 aromatic carbocycles. The number of oxazole rings is 1. The largest absolute Gasteiger partial charge is 0.446 e. The number of amides is 1. The van der Waals surface area contributed by atoms with Gasteiger partial charge < -0.3 is 9.73 Å². The van der Waals surface area contributed by atoms with Gasteiger partial charge in [-0.05, 0) is 13.3 Å². The molecule has 2 heterocycles. The number of carbonyl (C=O) groups is 1. The van der Waals surface area contributed by atoms with E-state index in [1.165, 1.54) is 11.3 Å². The summed E-state index contributed by atoms with van der Waals surface area (Å²) in [5.74, 6) is 1.46. The van der Waals surface area contributed by atoms with Gasteiger partial charge in [0, 0.05) is 24.4 Å². The second kappa shape index (κ2) is 5.58. The monoisotopic (exact) mass is 251 g/mol. The van der Waals surface area contributed by atoms with Gasteiger partial charge in [-0.25, -0.2) is 9.97 Å². The van der Waals surface area contributed by atoms with Crippen LogP contribution in [0.5, 0.6) is 0 Å². The van der Waals surface area contributed by atoms with E-state index in [9.17, 15) is 4.79 Å². The van der Waals surface area contributed by atoms with Crippen molar-refractivity contribution in [2.75, 3.05) is 5.32 Å². The van der Waals surface area contributed by atoms with Crippen LogP contribution in [0.3, 0.4) is 0 Å². The Hall–Kier alpha value is -1.69. The molecule has 0 saturated carbocycles. The number of hydrogen-bond acceptors (Lipinski definition) is 5. The first-order valence-corrected chi connectivity index (χ1v) is 6.22. The van der Waals surface area contributed by atoms with E-state index in [0.29, 0.717) is 23.9 Å². The van der Waals surface area contributed by atoms with E-state index in [-0.39, 0.29) is 5.91 Å². The van der Waals surface area contributed by atoms with E-state index in [1.54, 1.807) is 12.4 Å². The van der Waals surface area contributed by atoms with Crippen molar-refractivity contribution >= 4 is 22.4 Å². The molecule has 0 saturated heterocycles. The minimum absolute atomic E-state index is 0.0248. The van der Waals surface area contributed by atoms with Gasteiger partial charge in [0.2, 0.25) is 5.91 Å². The van der Waals surface area contributed by atoms with Crippen LogP contribution in [-0.2, 0) is 11.2 Å². The molecule has 5 nitrogen and oxygen atoms in total. The Morgan fingerprint density at radius 2 is 2.41 bits per heavy atom. The van der Waals surface area contributed by atoms with Gasteiger partial charge in [-0.1, -0.05) is 0 Å². The Balaban J connectivity index is 1.70. The van der Waals surface area contributed by atoms with Crippen LogP contribution in [0.2, 0.25) is 0 Å². The molecule has 0 bridgehead atoms. The van der Waals surface area contributed by atoms with Crippen molar-refractivity contribution in [3.05, 3.63) is 29.4 Å². The van der Waals surface area contributed by atoms with Gasteiger partial charge in [-0.15, -0.1) is 11.3 Å². The summed E-state index contributed by atoms with van der Waals surface area (Å²) >= 11 is 1.41. The lowest BCUT2D eigenvalue weighted by Crippen LogP contribution is -2.11. The highest BCUT2D eigenvalue weighted by Gasteiger charge is 2.06. The average Bonchev–Trinajstić information content (AvgIpc) is 2.90.